The van der Waals surface area contributed by atoms with Crippen molar-refractivity contribution in [1.29, 1.82) is 0 Å². The molecule has 0 aliphatic heterocycles. The van der Waals surface area contributed by atoms with Gasteiger partial charge in [-0.2, -0.15) is 0 Å². The fourth-order valence-electron chi connectivity index (χ4n) is 2.40. The van der Waals surface area contributed by atoms with Gasteiger partial charge in [0, 0.05) is 10.0 Å². The Balaban J connectivity index is 2.15. The molecular formula is C13H16Cl2. The molecule has 0 atom stereocenters. The van der Waals surface area contributed by atoms with Crippen LogP contribution in [0.25, 0.3) is 0 Å². The van der Waals surface area contributed by atoms with Crippen molar-refractivity contribution in [3.05, 3.63) is 33.8 Å². The molecule has 0 spiro atoms. The summed E-state index contributed by atoms with van der Waals surface area (Å²) in [7, 11) is 0. The van der Waals surface area contributed by atoms with Gasteiger partial charge in [0.25, 0.3) is 0 Å². The van der Waals surface area contributed by atoms with Crippen molar-refractivity contribution >= 4 is 23.2 Å². The first kappa shape index (κ1) is 11.3. The van der Waals surface area contributed by atoms with Crippen LogP contribution in [0.5, 0.6) is 0 Å². The average Bonchev–Trinajstić information content (AvgIpc) is 2.17. The minimum atomic E-state index is 0.664. The van der Waals surface area contributed by atoms with Crippen molar-refractivity contribution in [3.8, 4) is 0 Å². The molecule has 1 aliphatic carbocycles. The summed E-state index contributed by atoms with van der Waals surface area (Å²) in [5, 5.41) is 1.52. The average molecular weight is 243 g/mol. The Kier molecular flexibility index (Phi) is 3.58. The van der Waals surface area contributed by atoms with Crippen LogP contribution in [0.1, 0.15) is 44.1 Å². The van der Waals surface area contributed by atoms with Crippen LogP contribution in [0.15, 0.2) is 18.2 Å². The van der Waals surface area contributed by atoms with E-state index in [1.165, 1.54) is 31.2 Å². The van der Waals surface area contributed by atoms with E-state index in [9.17, 15) is 0 Å². The van der Waals surface area contributed by atoms with Crippen molar-refractivity contribution in [1.82, 2.24) is 0 Å². The molecular weight excluding hydrogens is 227 g/mol. The van der Waals surface area contributed by atoms with E-state index in [0.717, 1.165) is 16.0 Å². The number of hydrogen-bond donors (Lipinski definition) is 0. The summed E-state index contributed by atoms with van der Waals surface area (Å²) in [6, 6.07) is 5.93. The van der Waals surface area contributed by atoms with Gasteiger partial charge >= 0.3 is 0 Å². The zero-order valence-electron chi connectivity index (χ0n) is 8.97. The lowest BCUT2D eigenvalue weighted by atomic mass is 9.79. The molecule has 0 N–H and O–H groups in total. The lowest BCUT2D eigenvalue weighted by Crippen LogP contribution is -2.10. The highest BCUT2D eigenvalue weighted by Crippen LogP contribution is 2.37. The maximum atomic E-state index is 6.01. The summed E-state index contributed by atoms with van der Waals surface area (Å²) >= 11 is 12.0. The van der Waals surface area contributed by atoms with Gasteiger partial charge in [-0.05, 0) is 48.4 Å². The monoisotopic (exact) mass is 242 g/mol. The van der Waals surface area contributed by atoms with Crippen LogP contribution in [0.3, 0.4) is 0 Å². The van der Waals surface area contributed by atoms with Gasteiger partial charge < -0.3 is 0 Å². The van der Waals surface area contributed by atoms with Crippen LogP contribution >= 0.6 is 23.2 Å². The number of hydrogen-bond acceptors (Lipinski definition) is 0. The van der Waals surface area contributed by atoms with Crippen molar-refractivity contribution in [2.75, 3.05) is 0 Å². The van der Waals surface area contributed by atoms with E-state index in [2.05, 4.69) is 19.1 Å². The molecule has 0 aromatic heterocycles. The normalized spacial score (nSPS) is 26.6. The van der Waals surface area contributed by atoms with E-state index < -0.39 is 0 Å². The van der Waals surface area contributed by atoms with Gasteiger partial charge in [-0.15, -0.1) is 0 Å². The molecule has 1 saturated carbocycles. The smallest absolute Gasteiger partial charge is 0.0423 e. The molecule has 2 rings (SSSR count). The molecule has 0 bridgehead atoms. The predicted octanol–water partition coefficient (Wildman–Crippen LogP) is 5.29. The van der Waals surface area contributed by atoms with Crippen LogP contribution in [0, 0.1) is 5.92 Å². The largest absolute Gasteiger partial charge is 0.0843 e. The van der Waals surface area contributed by atoms with Crippen LogP contribution in [0.2, 0.25) is 10.0 Å². The predicted molar refractivity (Wildman–Crippen MR) is 66.8 cm³/mol. The van der Waals surface area contributed by atoms with E-state index in [1.807, 2.05) is 0 Å². The third kappa shape index (κ3) is 2.89. The van der Waals surface area contributed by atoms with Crippen LogP contribution in [-0.2, 0) is 0 Å². The molecule has 0 unspecified atom stereocenters. The topological polar surface area (TPSA) is 0 Å². The van der Waals surface area contributed by atoms with Gasteiger partial charge in [0.1, 0.15) is 0 Å². The fourth-order valence-corrected chi connectivity index (χ4v) is 2.95. The Bertz CT molecular complexity index is 318. The summed E-state index contributed by atoms with van der Waals surface area (Å²) in [5.74, 6) is 1.55. The minimum Gasteiger partial charge on any atom is -0.0843 e. The highest BCUT2D eigenvalue weighted by Gasteiger charge is 2.20. The number of halogens is 2. The molecule has 0 heterocycles. The first-order chi connectivity index (χ1) is 7.15. The second-order valence-corrected chi connectivity index (χ2v) is 5.53. The maximum absolute atomic E-state index is 6.01. The number of rotatable bonds is 1. The second-order valence-electron chi connectivity index (χ2n) is 4.66. The van der Waals surface area contributed by atoms with Gasteiger partial charge in [0.05, 0.1) is 0 Å². The number of benzene rings is 1. The van der Waals surface area contributed by atoms with Crippen molar-refractivity contribution in [2.45, 2.75) is 38.5 Å². The molecule has 1 aromatic carbocycles. The first-order valence-electron chi connectivity index (χ1n) is 5.61. The Morgan fingerprint density at radius 3 is 2.00 bits per heavy atom. The molecule has 0 saturated heterocycles. The third-order valence-corrected chi connectivity index (χ3v) is 3.81. The molecule has 1 aliphatic rings. The van der Waals surface area contributed by atoms with E-state index in [1.54, 1.807) is 6.07 Å². The van der Waals surface area contributed by atoms with Gasteiger partial charge in [0.2, 0.25) is 0 Å². The highest BCUT2D eigenvalue weighted by molar-refractivity contribution is 6.34. The highest BCUT2D eigenvalue weighted by atomic mass is 35.5. The SMILES string of the molecule is CC1CCC(c2cc(Cl)cc(Cl)c2)CC1. The third-order valence-electron chi connectivity index (χ3n) is 3.37. The van der Waals surface area contributed by atoms with Gasteiger partial charge in [0.15, 0.2) is 0 Å². The van der Waals surface area contributed by atoms with Crippen molar-refractivity contribution < 1.29 is 0 Å². The fraction of sp³-hybridized carbons (Fsp3) is 0.538. The lowest BCUT2D eigenvalue weighted by Gasteiger charge is -2.26. The van der Waals surface area contributed by atoms with Gasteiger partial charge in [-0.25, -0.2) is 0 Å². The standard InChI is InChI=1S/C13H16Cl2/c1-9-2-4-10(5-3-9)11-6-12(14)8-13(15)7-11/h6-10H,2-5H2,1H3. The summed E-state index contributed by atoms with van der Waals surface area (Å²) in [4.78, 5) is 0. The molecule has 15 heavy (non-hydrogen) atoms. The van der Waals surface area contributed by atoms with Crippen molar-refractivity contribution in [3.63, 3.8) is 0 Å². The van der Waals surface area contributed by atoms with E-state index >= 15 is 0 Å². The molecule has 1 fully saturated rings. The Labute approximate surface area is 102 Å². The van der Waals surface area contributed by atoms with E-state index in [-0.39, 0.29) is 0 Å². The summed E-state index contributed by atoms with van der Waals surface area (Å²) in [5.41, 5.74) is 1.32. The zero-order valence-corrected chi connectivity index (χ0v) is 10.5. The molecule has 0 amide bonds. The second kappa shape index (κ2) is 4.76. The van der Waals surface area contributed by atoms with Crippen LogP contribution in [0.4, 0.5) is 0 Å². The minimum absolute atomic E-state index is 0.664. The lowest BCUT2D eigenvalue weighted by molar-refractivity contribution is 0.348. The Morgan fingerprint density at radius 1 is 0.933 bits per heavy atom. The van der Waals surface area contributed by atoms with Crippen LogP contribution < -0.4 is 0 Å². The summed E-state index contributed by atoms with van der Waals surface area (Å²) in [6.45, 7) is 2.33. The van der Waals surface area contributed by atoms with E-state index in [0.29, 0.717) is 5.92 Å². The molecule has 0 radical (unpaired) electrons. The van der Waals surface area contributed by atoms with E-state index in [4.69, 9.17) is 23.2 Å². The molecule has 0 nitrogen and oxygen atoms in total. The first-order valence-corrected chi connectivity index (χ1v) is 6.36. The van der Waals surface area contributed by atoms with Gasteiger partial charge in [-0.3, -0.25) is 0 Å². The Morgan fingerprint density at radius 2 is 1.47 bits per heavy atom. The maximum Gasteiger partial charge on any atom is 0.0423 e. The van der Waals surface area contributed by atoms with Gasteiger partial charge in [-0.1, -0.05) is 43.0 Å². The zero-order chi connectivity index (χ0) is 10.8. The van der Waals surface area contributed by atoms with Crippen LogP contribution in [-0.4, -0.2) is 0 Å². The molecule has 2 heteroatoms. The summed E-state index contributed by atoms with van der Waals surface area (Å²) < 4.78 is 0. The molecule has 1 aromatic rings. The summed E-state index contributed by atoms with van der Waals surface area (Å²) in [6.07, 6.45) is 5.21. The Hall–Kier alpha value is -0.200. The quantitative estimate of drug-likeness (QED) is 0.628. The van der Waals surface area contributed by atoms with Crippen molar-refractivity contribution in [2.24, 2.45) is 5.92 Å². The molecule has 82 valence electrons.